The quantitative estimate of drug-likeness (QED) is 0.754. The van der Waals surface area contributed by atoms with Gasteiger partial charge in [-0.05, 0) is 25.1 Å². The molecule has 0 amide bonds. The Kier molecular flexibility index (Phi) is 5.08. The molecule has 0 spiro atoms. The van der Waals surface area contributed by atoms with Crippen molar-refractivity contribution in [3.8, 4) is 5.75 Å². The first-order valence-corrected chi connectivity index (χ1v) is 5.85. The van der Waals surface area contributed by atoms with Crippen LogP contribution in [-0.2, 0) is 0 Å². The number of ether oxygens (including phenoxy) is 1. The largest absolute Gasteiger partial charge is 0.458 e. The van der Waals surface area contributed by atoms with Crippen LogP contribution < -0.4 is 10.1 Å². The van der Waals surface area contributed by atoms with Gasteiger partial charge in [-0.3, -0.25) is 0 Å². The maximum atomic E-state index is 5.67. The minimum absolute atomic E-state index is 0.866. The van der Waals surface area contributed by atoms with Crippen LogP contribution in [0.5, 0.6) is 5.75 Å². The summed E-state index contributed by atoms with van der Waals surface area (Å²) in [6.45, 7) is 9.57. The zero-order valence-electron chi connectivity index (χ0n) is 10.7. The van der Waals surface area contributed by atoms with Crippen molar-refractivity contribution in [2.45, 2.75) is 20.8 Å². The fourth-order valence-corrected chi connectivity index (χ4v) is 1.44. The van der Waals surface area contributed by atoms with Crippen LogP contribution in [0.15, 0.2) is 60.5 Å². The SMILES string of the molecule is C=C/C=C\C1=C(C)Oc2ccccc2N1.CC. The van der Waals surface area contributed by atoms with E-state index in [-0.39, 0.29) is 0 Å². The summed E-state index contributed by atoms with van der Waals surface area (Å²) in [5, 5.41) is 3.30. The Hall–Kier alpha value is -1.96. The van der Waals surface area contributed by atoms with Gasteiger partial charge in [-0.25, -0.2) is 0 Å². The van der Waals surface area contributed by atoms with Crippen molar-refractivity contribution in [3.63, 3.8) is 0 Å². The van der Waals surface area contributed by atoms with E-state index in [0.717, 1.165) is 22.9 Å². The Balaban J connectivity index is 0.000000686. The first-order valence-electron chi connectivity index (χ1n) is 5.85. The number of fused-ring (bicyclic) bond motifs is 1. The van der Waals surface area contributed by atoms with Gasteiger partial charge in [0.25, 0.3) is 0 Å². The third kappa shape index (κ3) is 3.25. The highest BCUT2D eigenvalue weighted by Crippen LogP contribution is 2.32. The number of nitrogens with one attached hydrogen (secondary N) is 1. The highest BCUT2D eigenvalue weighted by atomic mass is 16.5. The number of hydrogen-bond acceptors (Lipinski definition) is 2. The molecule has 0 bridgehead atoms. The van der Waals surface area contributed by atoms with Gasteiger partial charge in [-0.1, -0.05) is 44.7 Å². The molecule has 17 heavy (non-hydrogen) atoms. The summed E-state index contributed by atoms with van der Waals surface area (Å²) < 4.78 is 5.67. The minimum atomic E-state index is 0.866. The maximum Gasteiger partial charge on any atom is 0.150 e. The minimum Gasteiger partial charge on any atom is -0.458 e. The molecule has 1 aromatic rings. The van der Waals surface area contributed by atoms with Gasteiger partial charge in [-0.15, -0.1) is 0 Å². The van der Waals surface area contributed by atoms with Crippen LogP contribution in [0.4, 0.5) is 5.69 Å². The van der Waals surface area contributed by atoms with E-state index >= 15 is 0 Å². The van der Waals surface area contributed by atoms with E-state index < -0.39 is 0 Å². The second kappa shape index (κ2) is 6.59. The Morgan fingerprint density at radius 3 is 2.65 bits per heavy atom. The monoisotopic (exact) mass is 229 g/mol. The van der Waals surface area contributed by atoms with Crippen molar-refractivity contribution in [2.24, 2.45) is 0 Å². The lowest BCUT2D eigenvalue weighted by Crippen LogP contribution is -2.10. The van der Waals surface area contributed by atoms with Crippen LogP contribution >= 0.6 is 0 Å². The Labute approximate surface area is 103 Å². The molecule has 0 saturated carbocycles. The molecule has 90 valence electrons. The van der Waals surface area contributed by atoms with Crippen LogP contribution in [0.3, 0.4) is 0 Å². The van der Waals surface area contributed by atoms with Crippen LogP contribution in [0.1, 0.15) is 20.8 Å². The number of para-hydroxylation sites is 2. The number of rotatable bonds is 2. The van der Waals surface area contributed by atoms with E-state index in [4.69, 9.17) is 4.74 Å². The molecule has 0 radical (unpaired) electrons. The lowest BCUT2D eigenvalue weighted by molar-refractivity contribution is 0.419. The zero-order chi connectivity index (χ0) is 12.7. The third-order valence-corrected chi connectivity index (χ3v) is 2.20. The molecule has 1 aliphatic heterocycles. The predicted molar refractivity (Wildman–Crippen MR) is 74.1 cm³/mol. The van der Waals surface area contributed by atoms with Gasteiger partial charge in [0.05, 0.1) is 11.4 Å². The summed E-state index contributed by atoms with van der Waals surface area (Å²) in [5.41, 5.74) is 1.96. The number of benzene rings is 1. The second-order valence-electron chi connectivity index (χ2n) is 3.29. The number of hydrogen-bond donors (Lipinski definition) is 1. The average molecular weight is 229 g/mol. The lowest BCUT2D eigenvalue weighted by atomic mass is 10.2. The molecule has 1 heterocycles. The van der Waals surface area contributed by atoms with E-state index in [0.29, 0.717) is 0 Å². The summed E-state index contributed by atoms with van der Waals surface area (Å²) in [5.74, 6) is 1.73. The van der Waals surface area contributed by atoms with Crippen molar-refractivity contribution in [3.05, 3.63) is 60.5 Å². The molecular weight excluding hydrogens is 210 g/mol. The van der Waals surface area contributed by atoms with E-state index in [1.807, 2.05) is 57.2 Å². The Morgan fingerprint density at radius 1 is 1.24 bits per heavy atom. The maximum absolute atomic E-state index is 5.67. The van der Waals surface area contributed by atoms with Crippen LogP contribution in [-0.4, -0.2) is 0 Å². The van der Waals surface area contributed by atoms with Gasteiger partial charge >= 0.3 is 0 Å². The first kappa shape index (κ1) is 13.1. The van der Waals surface area contributed by atoms with Crippen molar-refractivity contribution in [2.75, 3.05) is 5.32 Å². The van der Waals surface area contributed by atoms with Crippen molar-refractivity contribution < 1.29 is 4.74 Å². The Morgan fingerprint density at radius 2 is 1.94 bits per heavy atom. The molecule has 1 aromatic carbocycles. The lowest BCUT2D eigenvalue weighted by Gasteiger charge is -2.21. The molecule has 0 unspecified atom stereocenters. The summed E-state index contributed by atoms with van der Waals surface area (Å²) in [4.78, 5) is 0. The molecule has 0 aliphatic carbocycles. The number of anilines is 1. The second-order valence-corrected chi connectivity index (χ2v) is 3.29. The summed E-state index contributed by atoms with van der Waals surface area (Å²) >= 11 is 0. The summed E-state index contributed by atoms with van der Waals surface area (Å²) in [6, 6.07) is 7.87. The fourth-order valence-electron chi connectivity index (χ4n) is 1.44. The van der Waals surface area contributed by atoms with Crippen LogP contribution in [0.25, 0.3) is 0 Å². The highest BCUT2D eigenvalue weighted by molar-refractivity contribution is 5.64. The Bertz CT molecular complexity index is 444. The first-order chi connectivity index (χ1) is 8.31. The topological polar surface area (TPSA) is 21.3 Å². The van der Waals surface area contributed by atoms with Crippen molar-refractivity contribution in [1.82, 2.24) is 0 Å². The van der Waals surface area contributed by atoms with E-state index in [2.05, 4.69) is 11.9 Å². The molecule has 0 fully saturated rings. The summed E-state index contributed by atoms with van der Waals surface area (Å²) in [7, 11) is 0. The highest BCUT2D eigenvalue weighted by Gasteiger charge is 2.13. The molecule has 0 aromatic heterocycles. The molecular formula is C15H19NO. The van der Waals surface area contributed by atoms with Gasteiger partial charge < -0.3 is 10.1 Å². The van der Waals surface area contributed by atoms with E-state index in [9.17, 15) is 0 Å². The van der Waals surface area contributed by atoms with Gasteiger partial charge in [0.15, 0.2) is 0 Å². The molecule has 2 rings (SSSR count). The van der Waals surface area contributed by atoms with E-state index in [1.54, 1.807) is 6.08 Å². The van der Waals surface area contributed by atoms with Gasteiger partial charge in [-0.2, -0.15) is 0 Å². The van der Waals surface area contributed by atoms with Crippen LogP contribution in [0.2, 0.25) is 0 Å². The van der Waals surface area contributed by atoms with Gasteiger partial charge in [0, 0.05) is 0 Å². The summed E-state index contributed by atoms with van der Waals surface area (Å²) in [6.07, 6.45) is 5.56. The third-order valence-electron chi connectivity index (χ3n) is 2.20. The van der Waals surface area contributed by atoms with Crippen molar-refractivity contribution >= 4 is 5.69 Å². The van der Waals surface area contributed by atoms with E-state index in [1.165, 1.54) is 0 Å². The molecule has 0 atom stereocenters. The molecule has 1 N–H and O–H groups in total. The predicted octanol–water partition coefficient (Wildman–Crippen LogP) is 4.49. The standard InChI is InChI=1S/C13H13NO.C2H6/c1-3-4-7-11-10(2)15-13-9-6-5-8-12(13)14-11;1-2/h3-9,14H,1H2,2H3;1-2H3/b7-4-;. The molecule has 2 nitrogen and oxygen atoms in total. The van der Waals surface area contributed by atoms with Crippen LogP contribution in [0, 0.1) is 0 Å². The van der Waals surface area contributed by atoms with Gasteiger partial charge in [0.2, 0.25) is 0 Å². The zero-order valence-corrected chi connectivity index (χ0v) is 10.7. The smallest absolute Gasteiger partial charge is 0.150 e. The number of allylic oxidation sites excluding steroid dienone is 4. The normalized spacial score (nSPS) is 13.1. The van der Waals surface area contributed by atoms with Gasteiger partial charge in [0.1, 0.15) is 11.5 Å². The fraction of sp³-hybridized carbons (Fsp3) is 0.200. The molecule has 1 aliphatic rings. The molecule has 0 saturated heterocycles. The average Bonchev–Trinajstić information content (AvgIpc) is 2.38. The van der Waals surface area contributed by atoms with Crippen molar-refractivity contribution in [1.29, 1.82) is 0 Å². The molecule has 2 heteroatoms.